The third-order valence-corrected chi connectivity index (χ3v) is 3.47. The second-order valence-corrected chi connectivity index (χ2v) is 5.65. The average molecular weight is 400 g/mol. The Morgan fingerprint density at radius 1 is 1.40 bits per heavy atom. The van der Waals surface area contributed by atoms with Gasteiger partial charge in [0.15, 0.2) is 5.11 Å². The van der Waals surface area contributed by atoms with E-state index in [1.807, 2.05) is 31.2 Å². The molecule has 0 saturated carbocycles. The van der Waals surface area contributed by atoms with Crippen molar-refractivity contribution >= 4 is 51.5 Å². The Balaban J connectivity index is 1.94. The first kappa shape index (κ1) is 14.9. The Morgan fingerprint density at radius 3 is 2.70 bits per heavy atom. The molecule has 7 heteroatoms. The number of nitrogens with zero attached hydrogens (tertiary/aromatic N) is 2. The van der Waals surface area contributed by atoms with Gasteiger partial charge in [-0.15, -0.1) is 0 Å². The van der Waals surface area contributed by atoms with Gasteiger partial charge in [0.05, 0.1) is 11.8 Å². The second kappa shape index (κ2) is 6.80. The fourth-order valence-electron chi connectivity index (χ4n) is 1.52. The number of rotatable bonds is 3. The van der Waals surface area contributed by atoms with Crippen molar-refractivity contribution in [2.45, 2.75) is 13.5 Å². The number of carbonyl (C=O) groups is 1. The van der Waals surface area contributed by atoms with Crippen LogP contribution in [0, 0.1) is 3.57 Å². The zero-order valence-electron chi connectivity index (χ0n) is 10.8. The van der Waals surface area contributed by atoms with Gasteiger partial charge < -0.3 is 5.32 Å². The summed E-state index contributed by atoms with van der Waals surface area (Å²) in [4.78, 5) is 11.9. The summed E-state index contributed by atoms with van der Waals surface area (Å²) < 4.78 is 2.82. The summed E-state index contributed by atoms with van der Waals surface area (Å²) in [5.41, 5.74) is 1.32. The quantitative estimate of drug-likeness (QED) is 0.615. The standard InChI is InChI=1S/C13H13IN4OS/c1-2-18-8-9(7-15-18)12(19)17-13(20)16-11-5-3-10(14)4-6-11/h3-8H,2H2,1H3,(H2,16,17,19,20). The van der Waals surface area contributed by atoms with Gasteiger partial charge in [-0.3, -0.25) is 14.8 Å². The molecule has 0 fully saturated rings. The molecule has 0 atom stereocenters. The van der Waals surface area contributed by atoms with Crippen molar-refractivity contribution in [2.24, 2.45) is 0 Å². The zero-order valence-corrected chi connectivity index (χ0v) is 13.7. The molecular formula is C13H13IN4OS. The third kappa shape index (κ3) is 4.01. The number of benzene rings is 1. The predicted octanol–water partition coefficient (Wildman–Crippen LogP) is 2.63. The minimum absolute atomic E-state index is 0.264. The first-order valence-electron chi connectivity index (χ1n) is 5.99. The van der Waals surface area contributed by atoms with Gasteiger partial charge in [0, 0.05) is 22.0 Å². The summed E-state index contributed by atoms with van der Waals surface area (Å²) in [5, 5.41) is 9.89. The van der Waals surface area contributed by atoms with Crippen molar-refractivity contribution in [1.82, 2.24) is 15.1 Å². The molecule has 2 aromatic rings. The van der Waals surface area contributed by atoms with E-state index in [1.165, 1.54) is 6.20 Å². The lowest BCUT2D eigenvalue weighted by Crippen LogP contribution is -2.33. The van der Waals surface area contributed by atoms with E-state index in [1.54, 1.807) is 10.9 Å². The van der Waals surface area contributed by atoms with Gasteiger partial charge in [0.2, 0.25) is 0 Å². The molecule has 2 N–H and O–H groups in total. The lowest BCUT2D eigenvalue weighted by atomic mass is 10.3. The van der Waals surface area contributed by atoms with Crippen molar-refractivity contribution in [3.63, 3.8) is 0 Å². The van der Waals surface area contributed by atoms with Crippen molar-refractivity contribution in [2.75, 3.05) is 5.32 Å². The maximum atomic E-state index is 11.9. The summed E-state index contributed by atoms with van der Waals surface area (Å²) in [6.07, 6.45) is 3.20. The molecule has 0 aliphatic rings. The average Bonchev–Trinajstić information content (AvgIpc) is 2.90. The molecule has 0 bridgehead atoms. The van der Waals surface area contributed by atoms with Gasteiger partial charge >= 0.3 is 0 Å². The van der Waals surface area contributed by atoms with E-state index in [0.29, 0.717) is 5.56 Å². The molecule has 0 unspecified atom stereocenters. The Labute approximate surface area is 135 Å². The molecule has 5 nitrogen and oxygen atoms in total. The van der Waals surface area contributed by atoms with E-state index in [2.05, 4.69) is 38.3 Å². The normalized spacial score (nSPS) is 10.1. The Hall–Kier alpha value is -1.48. The summed E-state index contributed by atoms with van der Waals surface area (Å²) in [6, 6.07) is 7.71. The minimum Gasteiger partial charge on any atom is -0.332 e. The lowest BCUT2D eigenvalue weighted by Gasteiger charge is -2.08. The molecule has 0 radical (unpaired) electrons. The van der Waals surface area contributed by atoms with Crippen LogP contribution < -0.4 is 10.6 Å². The SMILES string of the molecule is CCn1cc(C(=O)NC(=S)Nc2ccc(I)cc2)cn1. The third-order valence-electron chi connectivity index (χ3n) is 2.55. The molecular weight excluding hydrogens is 387 g/mol. The van der Waals surface area contributed by atoms with Gasteiger partial charge in [-0.2, -0.15) is 5.10 Å². The molecule has 1 aromatic heterocycles. The molecule has 1 heterocycles. The molecule has 0 spiro atoms. The number of anilines is 1. The highest BCUT2D eigenvalue weighted by Gasteiger charge is 2.10. The maximum absolute atomic E-state index is 11.9. The van der Waals surface area contributed by atoms with Crippen LogP contribution in [-0.4, -0.2) is 20.8 Å². The molecule has 0 aliphatic carbocycles. The van der Waals surface area contributed by atoms with Gasteiger partial charge in [-0.25, -0.2) is 0 Å². The van der Waals surface area contributed by atoms with Gasteiger partial charge in [-0.1, -0.05) is 0 Å². The molecule has 20 heavy (non-hydrogen) atoms. The minimum atomic E-state index is -0.271. The number of nitrogens with one attached hydrogen (secondary N) is 2. The van der Waals surface area contributed by atoms with Crippen LogP contribution in [0.25, 0.3) is 0 Å². The number of carbonyl (C=O) groups excluding carboxylic acids is 1. The summed E-state index contributed by atoms with van der Waals surface area (Å²) in [7, 11) is 0. The number of aromatic nitrogens is 2. The number of aryl methyl sites for hydroxylation is 1. The van der Waals surface area contributed by atoms with E-state index in [0.717, 1.165) is 15.8 Å². The molecule has 0 aliphatic heterocycles. The van der Waals surface area contributed by atoms with Crippen LogP contribution in [-0.2, 0) is 6.54 Å². The van der Waals surface area contributed by atoms with E-state index >= 15 is 0 Å². The van der Waals surface area contributed by atoms with Crippen LogP contribution in [0.1, 0.15) is 17.3 Å². The van der Waals surface area contributed by atoms with Gasteiger partial charge in [0.1, 0.15) is 0 Å². The Kier molecular flexibility index (Phi) is 5.07. The van der Waals surface area contributed by atoms with E-state index < -0.39 is 0 Å². The molecule has 2 rings (SSSR count). The second-order valence-electron chi connectivity index (χ2n) is 4.00. The number of hydrogen-bond donors (Lipinski definition) is 2. The fourth-order valence-corrected chi connectivity index (χ4v) is 2.09. The largest absolute Gasteiger partial charge is 0.332 e. The number of hydrogen-bond acceptors (Lipinski definition) is 3. The first-order chi connectivity index (χ1) is 9.58. The highest BCUT2D eigenvalue weighted by atomic mass is 127. The zero-order chi connectivity index (χ0) is 14.5. The number of thiocarbonyl (C=S) groups is 1. The fraction of sp³-hybridized carbons (Fsp3) is 0.154. The van der Waals surface area contributed by atoms with Crippen molar-refractivity contribution in [1.29, 1.82) is 0 Å². The summed E-state index contributed by atoms with van der Waals surface area (Å²) >= 11 is 7.33. The Bertz CT molecular complexity index is 624. The van der Waals surface area contributed by atoms with E-state index in [9.17, 15) is 4.79 Å². The topological polar surface area (TPSA) is 59.0 Å². The molecule has 1 amide bonds. The van der Waals surface area contributed by atoms with E-state index in [4.69, 9.17) is 12.2 Å². The number of halogens is 1. The maximum Gasteiger partial charge on any atom is 0.260 e. The van der Waals surface area contributed by atoms with Crippen LogP contribution >= 0.6 is 34.8 Å². The van der Waals surface area contributed by atoms with Crippen molar-refractivity contribution < 1.29 is 4.79 Å². The monoisotopic (exact) mass is 400 g/mol. The highest BCUT2D eigenvalue weighted by molar-refractivity contribution is 14.1. The van der Waals surface area contributed by atoms with Crippen LogP contribution in [0.2, 0.25) is 0 Å². The summed E-state index contributed by atoms with van der Waals surface area (Å²) in [6.45, 7) is 2.68. The van der Waals surface area contributed by atoms with Crippen LogP contribution in [0.4, 0.5) is 5.69 Å². The highest BCUT2D eigenvalue weighted by Crippen LogP contribution is 2.10. The van der Waals surface area contributed by atoms with E-state index in [-0.39, 0.29) is 11.0 Å². The molecule has 104 valence electrons. The smallest absolute Gasteiger partial charge is 0.260 e. The van der Waals surface area contributed by atoms with Crippen LogP contribution in [0.3, 0.4) is 0 Å². The van der Waals surface area contributed by atoms with Crippen molar-refractivity contribution in [3.8, 4) is 0 Å². The molecule has 0 saturated heterocycles. The number of amides is 1. The predicted molar refractivity (Wildman–Crippen MR) is 90.7 cm³/mol. The summed E-state index contributed by atoms with van der Waals surface area (Å²) in [5.74, 6) is -0.271. The lowest BCUT2D eigenvalue weighted by molar-refractivity contribution is 0.0977. The Morgan fingerprint density at radius 2 is 2.10 bits per heavy atom. The van der Waals surface area contributed by atoms with Crippen LogP contribution in [0.5, 0.6) is 0 Å². The molecule has 1 aromatic carbocycles. The van der Waals surface area contributed by atoms with Crippen LogP contribution in [0.15, 0.2) is 36.7 Å². The van der Waals surface area contributed by atoms with Gasteiger partial charge in [-0.05, 0) is 66.0 Å². The van der Waals surface area contributed by atoms with Gasteiger partial charge in [0.25, 0.3) is 5.91 Å². The van der Waals surface area contributed by atoms with Crippen molar-refractivity contribution in [3.05, 3.63) is 45.8 Å². The first-order valence-corrected chi connectivity index (χ1v) is 7.47.